The van der Waals surface area contributed by atoms with Gasteiger partial charge in [0, 0.05) is 16.5 Å². The number of hydrogen-bond acceptors (Lipinski definition) is 7. The number of hydrogen-bond donors (Lipinski definition) is 1. The van der Waals surface area contributed by atoms with E-state index in [9.17, 15) is 9.59 Å². The second-order valence-electron chi connectivity index (χ2n) is 11.2. The van der Waals surface area contributed by atoms with Crippen molar-refractivity contribution in [1.82, 2.24) is 15.1 Å². The first kappa shape index (κ1) is 29.3. The number of amides is 2. The van der Waals surface area contributed by atoms with Gasteiger partial charge in [0.05, 0.1) is 49.4 Å². The minimum Gasteiger partial charge on any atom is -0.497 e. The highest BCUT2D eigenvalue weighted by Gasteiger charge is 2.41. The number of ether oxygens (including phenoxy) is 2. The second kappa shape index (κ2) is 12.0. The number of aryl methyl sites for hydroxylation is 1. The maximum atomic E-state index is 13.9. The highest BCUT2D eigenvalue weighted by molar-refractivity contribution is 8.00. The van der Waals surface area contributed by atoms with Crippen LogP contribution in [0.2, 0.25) is 0 Å². The normalized spacial score (nSPS) is 15.2. The number of para-hydroxylation sites is 1. The minimum atomic E-state index is -0.385. The van der Waals surface area contributed by atoms with Crippen LogP contribution in [0.25, 0.3) is 5.69 Å². The minimum absolute atomic E-state index is 0.155. The van der Waals surface area contributed by atoms with Gasteiger partial charge in [-0.3, -0.25) is 14.5 Å². The Labute approximate surface area is 250 Å². The number of carbonyl (C=O) groups is 2. The van der Waals surface area contributed by atoms with E-state index in [1.54, 1.807) is 37.5 Å². The highest BCUT2D eigenvalue weighted by Crippen LogP contribution is 2.51. The molecule has 2 amide bonds. The summed E-state index contributed by atoms with van der Waals surface area (Å²) in [5.41, 5.74) is 4.01. The molecule has 0 bridgehead atoms. The number of aromatic nitrogens is 2. The predicted octanol–water partition coefficient (Wildman–Crippen LogP) is 5.57. The second-order valence-corrected chi connectivity index (χ2v) is 12.3. The van der Waals surface area contributed by atoms with Gasteiger partial charge in [-0.05, 0) is 48.9 Å². The van der Waals surface area contributed by atoms with Crippen LogP contribution in [-0.4, -0.2) is 48.1 Å². The zero-order valence-corrected chi connectivity index (χ0v) is 25.6. The van der Waals surface area contributed by atoms with Crippen LogP contribution in [0.15, 0.2) is 65.3 Å². The van der Waals surface area contributed by atoms with Crippen LogP contribution in [0.4, 0.5) is 5.82 Å². The van der Waals surface area contributed by atoms with Crippen molar-refractivity contribution < 1.29 is 23.5 Å². The molecular formula is C32H36N4O5S. The van der Waals surface area contributed by atoms with Crippen molar-refractivity contribution in [3.05, 3.63) is 89.0 Å². The van der Waals surface area contributed by atoms with E-state index >= 15 is 0 Å². The molecule has 5 rings (SSSR count). The zero-order valence-electron chi connectivity index (χ0n) is 24.8. The largest absolute Gasteiger partial charge is 0.497 e. The summed E-state index contributed by atoms with van der Waals surface area (Å²) in [6.45, 7) is 8.39. The van der Waals surface area contributed by atoms with Crippen LogP contribution < -0.4 is 19.7 Å². The lowest BCUT2D eigenvalue weighted by molar-refractivity contribution is -0.123. The number of nitrogens with one attached hydrogen (secondary N) is 1. The fourth-order valence-corrected chi connectivity index (χ4v) is 6.34. The van der Waals surface area contributed by atoms with Crippen LogP contribution in [0, 0.1) is 6.92 Å². The standard InChI is InChI=1S/C32H36N4O5S/c1-20-10-7-8-12-24(20)36-31-28(30(34-36)32(2,3)4)29(23-16-21(39-5)13-14-25(23)40-6)42-19-27(38)35(31)18-26(37)33-17-22-11-9-15-41-22/h7-16,29H,17-19H2,1-6H3,(H,33,37)/t29-/m0/s1. The number of nitrogens with zero attached hydrogens (tertiary/aromatic N) is 3. The fourth-order valence-electron chi connectivity index (χ4n) is 5.13. The molecule has 4 aromatic rings. The van der Waals surface area contributed by atoms with Gasteiger partial charge in [0.15, 0.2) is 0 Å². The molecule has 0 aliphatic carbocycles. The molecule has 42 heavy (non-hydrogen) atoms. The molecule has 3 heterocycles. The van der Waals surface area contributed by atoms with E-state index in [1.807, 2.05) is 54.1 Å². The van der Waals surface area contributed by atoms with Crippen molar-refractivity contribution in [1.29, 1.82) is 0 Å². The SMILES string of the molecule is COc1ccc(OC)c([C@@H]2SCC(=O)N(CC(=O)NCc3ccco3)c3c2c(C(C)(C)C)nn3-c2ccccc2C)c1. The molecule has 1 atom stereocenters. The Morgan fingerprint density at radius 3 is 2.57 bits per heavy atom. The van der Waals surface area contributed by atoms with E-state index in [0.29, 0.717) is 23.1 Å². The molecule has 1 aliphatic heterocycles. The van der Waals surface area contributed by atoms with E-state index < -0.39 is 0 Å². The number of thioether (sulfide) groups is 1. The van der Waals surface area contributed by atoms with Crippen molar-refractivity contribution in [3.63, 3.8) is 0 Å². The lowest BCUT2D eigenvalue weighted by atomic mass is 9.87. The number of anilines is 1. The van der Waals surface area contributed by atoms with Crippen molar-refractivity contribution in [2.75, 3.05) is 31.4 Å². The molecule has 0 unspecified atom stereocenters. The summed E-state index contributed by atoms with van der Waals surface area (Å²) in [6.07, 6.45) is 1.56. The van der Waals surface area contributed by atoms with Gasteiger partial charge in [0.25, 0.3) is 0 Å². The van der Waals surface area contributed by atoms with Crippen LogP contribution in [0.5, 0.6) is 11.5 Å². The molecule has 2 aromatic heterocycles. The van der Waals surface area contributed by atoms with Gasteiger partial charge < -0.3 is 19.2 Å². The highest BCUT2D eigenvalue weighted by atomic mass is 32.2. The monoisotopic (exact) mass is 588 g/mol. The van der Waals surface area contributed by atoms with Crippen LogP contribution in [0.1, 0.15) is 54.2 Å². The number of furan rings is 1. The summed E-state index contributed by atoms with van der Waals surface area (Å²) < 4.78 is 18.6. The Kier molecular flexibility index (Phi) is 8.36. The number of rotatable bonds is 8. The summed E-state index contributed by atoms with van der Waals surface area (Å²) in [7, 11) is 3.26. The topological polar surface area (TPSA) is 98.8 Å². The molecule has 0 saturated carbocycles. The van der Waals surface area contributed by atoms with Gasteiger partial charge in [-0.2, -0.15) is 5.10 Å². The Morgan fingerprint density at radius 1 is 1.12 bits per heavy atom. The molecule has 0 spiro atoms. The first-order valence-electron chi connectivity index (χ1n) is 13.7. The molecule has 220 valence electrons. The molecule has 10 heteroatoms. The Morgan fingerprint density at radius 2 is 1.90 bits per heavy atom. The third-order valence-corrected chi connectivity index (χ3v) is 8.44. The first-order chi connectivity index (χ1) is 20.1. The summed E-state index contributed by atoms with van der Waals surface area (Å²) in [4.78, 5) is 28.8. The van der Waals surface area contributed by atoms with Crippen LogP contribution in [-0.2, 0) is 21.5 Å². The molecule has 0 radical (unpaired) electrons. The Bertz CT molecular complexity index is 1590. The van der Waals surface area contributed by atoms with Crippen molar-refractivity contribution >= 4 is 29.4 Å². The van der Waals surface area contributed by atoms with Gasteiger partial charge in [-0.25, -0.2) is 4.68 Å². The predicted molar refractivity (Wildman–Crippen MR) is 164 cm³/mol. The van der Waals surface area contributed by atoms with Gasteiger partial charge in [0.1, 0.15) is 29.6 Å². The zero-order chi connectivity index (χ0) is 30.0. The Hall–Kier alpha value is -4.18. The number of fused-ring (bicyclic) bond motifs is 1. The smallest absolute Gasteiger partial charge is 0.240 e. The van der Waals surface area contributed by atoms with E-state index in [1.165, 1.54) is 11.8 Å². The molecule has 0 saturated heterocycles. The third kappa shape index (κ3) is 5.76. The van der Waals surface area contributed by atoms with E-state index in [4.69, 9.17) is 19.0 Å². The van der Waals surface area contributed by atoms with Crippen molar-refractivity contribution in [2.45, 2.75) is 44.9 Å². The fraction of sp³-hybridized carbons (Fsp3) is 0.344. The molecular weight excluding hydrogens is 552 g/mol. The third-order valence-electron chi connectivity index (χ3n) is 7.20. The maximum Gasteiger partial charge on any atom is 0.240 e. The van der Waals surface area contributed by atoms with Gasteiger partial charge >= 0.3 is 0 Å². The van der Waals surface area contributed by atoms with Gasteiger partial charge in [0.2, 0.25) is 11.8 Å². The quantitative estimate of drug-likeness (QED) is 0.287. The average Bonchev–Trinajstić information content (AvgIpc) is 3.61. The maximum absolute atomic E-state index is 13.9. The lowest BCUT2D eigenvalue weighted by Gasteiger charge is -2.25. The molecule has 2 aromatic carbocycles. The summed E-state index contributed by atoms with van der Waals surface area (Å²) >= 11 is 1.50. The first-order valence-corrected chi connectivity index (χ1v) is 14.8. The van der Waals surface area contributed by atoms with E-state index in [0.717, 1.165) is 28.1 Å². The van der Waals surface area contributed by atoms with Crippen LogP contribution >= 0.6 is 11.8 Å². The lowest BCUT2D eigenvalue weighted by Crippen LogP contribution is -2.42. The van der Waals surface area contributed by atoms with E-state index in [2.05, 4.69) is 26.1 Å². The van der Waals surface area contributed by atoms with Crippen LogP contribution in [0.3, 0.4) is 0 Å². The number of benzene rings is 2. The summed E-state index contributed by atoms with van der Waals surface area (Å²) in [5, 5.41) is 7.75. The van der Waals surface area contributed by atoms with Gasteiger partial charge in [-0.1, -0.05) is 39.0 Å². The number of methoxy groups -OCH3 is 2. The summed E-state index contributed by atoms with van der Waals surface area (Å²) in [6, 6.07) is 17.2. The summed E-state index contributed by atoms with van der Waals surface area (Å²) in [5.74, 6) is 2.24. The Balaban J connectivity index is 1.73. The van der Waals surface area contributed by atoms with Crippen molar-refractivity contribution in [3.8, 4) is 17.2 Å². The van der Waals surface area contributed by atoms with Gasteiger partial charge in [-0.15, -0.1) is 11.8 Å². The molecule has 1 aliphatic rings. The molecule has 0 fully saturated rings. The number of carbonyl (C=O) groups excluding carboxylic acids is 2. The van der Waals surface area contributed by atoms with E-state index in [-0.39, 0.29) is 41.3 Å². The average molecular weight is 589 g/mol. The molecule has 1 N–H and O–H groups in total. The van der Waals surface area contributed by atoms with Crippen molar-refractivity contribution in [2.24, 2.45) is 0 Å². The molecule has 9 nitrogen and oxygen atoms in total.